The molecule has 0 heterocycles. The predicted octanol–water partition coefficient (Wildman–Crippen LogP) is -8.09. The molecule has 1 aromatic carbocycles. The van der Waals surface area contributed by atoms with E-state index in [1.165, 1.54) is 12.1 Å². The molecule has 0 bridgehead atoms. The molecular formula is C14H8Na2O6. The smallest absolute Gasteiger partial charge is 0.546 e. The molecule has 0 spiro atoms. The number of hydrogen-bond acceptors (Lipinski definition) is 6. The quantitative estimate of drug-likeness (QED) is 0.382. The molecule has 0 aliphatic rings. The number of benzene rings is 1. The second-order valence-corrected chi connectivity index (χ2v) is 3.45. The second-order valence-electron chi connectivity index (χ2n) is 3.45. The summed E-state index contributed by atoms with van der Waals surface area (Å²) in [6, 6.07) is 2.56. The van der Waals surface area contributed by atoms with Crippen molar-refractivity contribution in [3.63, 3.8) is 0 Å². The summed E-state index contributed by atoms with van der Waals surface area (Å²) in [5.74, 6) is 1.77. The Kier molecular flexibility index (Phi) is 12.0. The molecule has 0 saturated carbocycles. The Hall–Kier alpha value is -1.12. The summed E-state index contributed by atoms with van der Waals surface area (Å²) in [7, 11) is 0. The fourth-order valence-corrected chi connectivity index (χ4v) is 1.30. The molecule has 0 aromatic heterocycles. The van der Waals surface area contributed by atoms with Crippen LogP contribution in [0.25, 0.3) is 0 Å². The van der Waals surface area contributed by atoms with Crippen LogP contribution in [0.5, 0.6) is 11.5 Å². The van der Waals surface area contributed by atoms with Crippen LogP contribution in [0.2, 0.25) is 0 Å². The molecule has 1 aromatic rings. The van der Waals surface area contributed by atoms with E-state index in [-0.39, 0.29) is 81.7 Å². The van der Waals surface area contributed by atoms with Gasteiger partial charge in [0.15, 0.2) is 0 Å². The van der Waals surface area contributed by atoms with Gasteiger partial charge >= 0.3 is 59.1 Å². The molecule has 1 rings (SSSR count). The minimum absolute atomic E-state index is 0. The maximum Gasteiger partial charge on any atom is 1.00 e. The third-order valence-corrected chi connectivity index (χ3v) is 2.08. The normalized spacial score (nSPS) is 8.27. The van der Waals surface area contributed by atoms with Crippen LogP contribution < -0.4 is 78.8 Å². The van der Waals surface area contributed by atoms with Gasteiger partial charge in [-0.3, -0.25) is 0 Å². The van der Waals surface area contributed by atoms with Crippen molar-refractivity contribution in [3.05, 3.63) is 23.3 Å². The third-order valence-electron chi connectivity index (χ3n) is 2.08. The summed E-state index contributed by atoms with van der Waals surface area (Å²) in [5.41, 5.74) is 0.331. The summed E-state index contributed by atoms with van der Waals surface area (Å²) in [6.45, 7) is -1.39. The molecule has 0 amide bonds. The average Bonchev–Trinajstić information content (AvgIpc) is 2.42. The van der Waals surface area contributed by atoms with Crippen LogP contribution in [0, 0.1) is 24.7 Å². The van der Waals surface area contributed by atoms with Gasteiger partial charge in [-0.15, -0.1) is 12.8 Å². The third kappa shape index (κ3) is 7.24. The number of carbonyl (C=O) groups excluding carboxylic acids is 2. The van der Waals surface area contributed by atoms with Crippen molar-refractivity contribution in [2.75, 3.05) is 13.2 Å². The second kappa shape index (κ2) is 11.4. The number of carbonyl (C=O) groups is 2. The van der Waals surface area contributed by atoms with Crippen LogP contribution in [-0.2, 0) is 9.59 Å². The van der Waals surface area contributed by atoms with Crippen LogP contribution in [0.4, 0.5) is 0 Å². The Morgan fingerprint density at radius 1 is 0.909 bits per heavy atom. The molecule has 0 aliphatic heterocycles. The van der Waals surface area contributed by atoms with Crippen molar-refractivity contribution >= 4 is 11.9 Å². The zero-order valence-electron chi connectivity index (χ0n) is 12.2. The molecule has 0 saturated heterocycles. The first-order valence-corrected chi connectivity index (χ1v) is 5.24. The minimum atomic E-state index is -1.42. The molecule has 6 nitrogen and oxygen atoms in total. The summed E-state index contributed by atoms with van der Waals surface area (Å²) < 4.78 is 9.86. The summed E-state index contributed by atoms with van der Waals surface area (Å²) in [5, 5.41) is 20.7. The number of carboxylic acid groups (broad SMARTS) is 2. The molecule has 8 heteroatoms. The number of ether oxygens (including phenoxy) is 2. The van der Waals surface area contributed by atoms with Gasteiger partial charge in [-0.25, -0.2) is 0 Å². The summed E-state index contributed by atoms with van der Waals surface area (Å²) in [4.78, 5) is 20.7. The number of rotatable bonds is 6. The minimum Gasteiger partial charge on any atom is -0.546 e. The van der Waals surface area contributed by atoms with E-state index in [2.05, 4.69) is 11.8 Å². The van der Waals surface area contributed by atoms with Gasteiger partial charge in [0.1, 0.15) is 24.7 Å². The Balaban J connectivity index is 0. The van der Waals surface area contributed by atoms with Gasteiger partial charge in [-0.2, -0.15) is 0 Å². The zero-order valence-corrected chi connectivity index (χ0v) is 16.2. The van der Waals surface area contributed by atoms with E-state index in [0.29, 0.717) is 0 Å². The Bertz CT molecular complexity index is 572. The first kappa shape index (κ1) is 23.2. The van der Waals surface area contributed by atoms with Crippen LogP contribution in [0.1, 0.15) is 11.1 Å². The van der Waals surface area contributed by atoms with Gasteiger partial charge in [0.25, 0.3) is 0 Å². The molecule has 22 heavy (non-hydrogen) atoms. The topological polar surface area (TPSA) is 98.7 Å². The SMILES string of the molecule is C#Cc1cc(OCC(=O)[O-])c(C#C)cc1OCC(=O)[O-].[Na+].[Na+]. The fraction of sp³-hybridized carbons (Fsp3) is 0.143. The number of carboxylic acids is 2. The maximum absolute atomic E-state index is 10.3. The van der Waals surface area contributed by atoms with Gasteiger partial charge in [-0.1, -0.05) is 11.8 Å². The molecule has 0 aliphatic carbocycles. The van der Waals surface area contributed by atoms with Crippen LogP contribution in [-0.4, -0.2) is 25.2 Å². The van der Waals surface area contributed by atoms with E-state index in [4.69, 9.17) is 22.3 Å². The van der Waals surface area contributed by atoms with Crippen LogP contribution >= 0.6 is 0 Å². The molecule has 0 unspecified atom stereocenters. The average molecular weight is 318 g/mol. The van der Waals surface area contributed by atoms with Crippen molar-refractivity contribution in [3.8, 4) is 36.2 Å². The summed E-state index contributed by atoms with van der Waals surface area (Å²) >= 11 is 0. The van der Waals surface area contributed by atoms with Gasteiger partial charge in [-0.05, 0) is 0 Å². The standard InChI is InChI=1S/C14H10O6.2Na/c1-3-9-5-12(20-8-14(17)18)10(4-2)6-11(9)19-7-13(15)16;;/h1-2,5-6H,7-8H2,(H,15,16)(H,17,18);;/q;2*+1/p-2. The summed E-state index contributed by atoms with van der Waals surface area (Å²) in [6.07, 6.45) is 10.5. The fourth-order valence-electron chi connectivity index (χ4n) is 1.30. The van der Waals surface area contributed by atoms with Crippen LogP contribution in [0.15, 0.2) is 12.1 Å². The Morgan fingerprint density at radius 2 is 1.23 bits per heavy atom. The van der Waals surface area contributed by atoms with Crippen molar-refractivity contribution in [1.29, 1.82) is 0 Å². The Morgan fingerprint density at radius 3 is 1.45 bits per heavy atom. The number of hydrogen-bond donors (Lipinski definition) is 0. The molecule has 0 radical (unpaired) electrons. The van der Waals surface area contributed by atoms with Crippen molar-refractivity contribution in [1.82, 2.24) is 0 Å². The van der Waals surface area contributed by atoms with Crippen molar-refractivity contribution in [2.24, 2.45) is 0 Å². The van der Waals surface area contributed by atoms with Gasteiger partial charge < -0.3 is 29.3 Å². The molecule has 0 N–H and O–H groups in total. The maximum atomic E-state index is 10.3. The van der Waals surface area contributed by atoms with Gasteiger partial charge in [0.05, 0.1) is 23.1 Å². The molecule has 102 valence electrons. The zero-order chi connectivity index (χ0) is 15.1. The molecule has 0 fully saturated rings. The van der Waals surface area contributed by atoms with E-state index in [1.807, 2.05) is 0 Å². The van der Waals surface area contributed by atoms with Gasteiger partial charge in [0.2, 0.25) is 0 Å². The molecular weight excluding hydrogens is 310 g/mol. The van der Waals surface area contributed by atoms with Gasteiger partial charge in [0, 0.05) is 12.1 Å². The van der Waals surface area contributed by atoms with E-state index in [0.717, 1.165) is 0 Å². The van der Waals surface area contributed by atoms with Crippen molar-refractivity contribution < 1.29 is 88.4 Å². The number of aliphatic carboxylic acids is 2. The number of terminal acetylenes is 2. The van der Waals surface area contributed by atoms with E-state index in [9.17, 15) is 19.8 Å². The largest absolute Gasteiger partial charge is 1.00 e. The Labute approximate surface area is 171 Å². The van der Waals surface area contributed by atoms with Crippen LogP contribution in [0.3, 0.4) is 0 Å². The first-order valence-electron chi connectivity index (χ1n) is 5.24. The van der Waals surface area contributed by atoms with E-state index >= 15 is 0 Å². The monoisotopic (exact) mass is 318 g/mol. The van der Waals surface area contributed by atoms with E-state index < -0.39 is 25.2 Å². The first-order chi connectivity index (χ1) is 9.47. The van der Waals surface area contributed by atoms with E-state index in [1.54, 1.807) is 0 Å². The molecule has 0 atom stereocenters. The van der Waals surface area contributed by atoms with Crippen molar-refractivity contribution in [2.45, 2.75) is 0 Å². The predicted molar refractivity (Wildman–Crippen MR) is 63.3 cm³/mol.